The van der Waals surface area contributed by atoms with E-state index in [0.717, 1.165) is 6.26 Å². The molecule has 1 atom stereocenters. The molecule has 0 saturated carbocycles. The van der Waals surface area contributed by atoms with Crippen LogP contribution in [0.2, 0.25) is 0 Å². The van der Waals surface area contributed by atoms with Gasteiger partial charge in [-0.25, -0.2) is 21.6 Å². The van der Waals surface area contributed by atoms with Crippen molar-refractivity contribution in [1.82, 2.24) is 4.72 Å². The van der Waals surface area contributed by atoms with Crippen molar-refractivity contribution >= 4 is 41.5 Å². The van der Waals surface area contributed by atoms with E-state index in [1.54, 1.807) is 0 Å². The Bertz CT molecular complexity index is 731. The van der Waals surface area contributed by atoms with Crippen LogP contribution < -0.4 is 15.2 Å². The smallest absolute Gasteiger partial charge is 0.244 e. The Hall–Kier alpha value is -0.840. The van der Waals surface area contributed by atoms with E-state index < -0.39 is 25.9 Å². The number of hydrogen-bond donors (Lipinski definition) is 2. The number of benzene rings is 1. The number of nitrogens with one attached hydrogen (secondary N) is 1. The summed E-state index contributed by atoms with van der Waals surface area (Å²) in [6.45, 7) is 1.47. The molecule has 0 amide bonds. The van der Waals surface area contributed by atoms with Crippen LogP contribution in [0.4, 0.5) is 5.69 Å². The number of nitrogen functional groups attached to an aromatic ring is 1. The first-order valence-electron chi connectivity index (χ1n) is 5.79. The minimum absolute atomic E-state index is 0.107. The van der Waals surface area contributed by atoms with Crippen LogP contribution in [0.25, 0.3) is 0 Å². The standard InChI is InChI=1S/C11H17BrN2O5S2/c1-7(6-20(3,15)16)14-21(17,18)11-5-9(13)8(12)4-10(11)19-2/h4-5,7,14H,6,13H2,1-3H3. The lowest BCUT2D eigenvalue weighted by molar-refractivity contribution is 0.402. The van der Waals surface area contributed by atoms with Gasteiger partial charge in [-0.3, -0.25) is 0 Å². The summed E-state index contributed by atoms with van der Waals surface area (Å²) < 4.78 is 54.9. The molecule has 1 rings (SSSR count). The number of nitrogens with two attached hydrogens (primary N) is 1. The summed E-state index contributed by atoms with van der Waals surface area (Å²) in [4.78, 5) is -0.147. The van der Waals surface area contributed by atoms with Gasteiger partial charge in [0.05, 0.1) is 12.9 Å². The highest BCUT2D eigenvalue weighted by Gasteiger charge is 2.24. The molecule has 0 spiro atoms. The molecule has 21 heavy (non-hydrogen) atoms. The van der Waals surface area contributed by atoms with Crippen molar-refractivity contribution in [3.05, 3.63) is 16.6 Å². The summed E-state index contributed by atoms with van der Waals surface area (Å²) in [5, 5.41) is 0. The highest BCUT2D eigenvalue weighted by atomic mass is 79.9. The third-order valence-electron chi connectivity index (χ3n) is 2.48. The van der Waals surface area contributed by atoms with Crippen molar-refractivity contribution in [3.63, 3.8) is 0 Å². The Kier molecular flexibility index (Phi) is 5.64. The Morgan fingerprint density at radius 1 is 1.33 bits per heavy atom. The van der Waals surface area contributed by atoms with E-state index in [9.17, 15) is 16.8 Å². The second-order valence-corrected chi connectivity index (χ2v) is 9.36. The minimum atomic E-state index is -3.95. The number of methoxy groups -OCH3 is 1. The first-order chi connectivity index (χ1) is 9.46. The van der Waals surface area contributed by atoms with Crippen molar-refractivity contribution in [3.8, 4) is 5.75 Å². The van der Waals surface area contributed by atoms with Crippen molar-refractivity contribution in [2.24, 2.45) is 0 Å². The molecule has 0 saturated heterocycles. The molecule has 7 nitrogen and oxygen atoms in total. The lowest BCUT2D eigenvalue weighted by atomic mass is 10.3. The molecule has 1 aromatic carbocycles. The molecule has 0 aliphatic rings. The predicted octanol–water partition coefficient (Wildman–Crippen LogP) is 0.751. The van der Waals surface area contributed by atoms with E-state index in [1.807, 2.05) is 0 Å². The molecule has 0 aromatic heterocycles. The van der Waals surface area contributed by atoms with Crippen molar-refractivity contribution in [1.29, 1.82) is 0 Å². The van der Waals surface area contributed by atoms with E-state index >= 15 is 0 Å². The molecule has 10 heteroatoms. The molecule has 0 fully saturated rings. The summed E-state index contributed by atoms with van der Waals surface area (Å²) in [5.41, 5.74) is 5.91. The summed E-state index contributed by atoms with van der Waals surface area (Å²) in [7, 11) is -5.92. The topological polar surface area (TPSA) is 116 Å². The molecule has 0 aliphatic carbocycles. The van der Waals surface area contributed by atoms with Gasteiger partial charge in [-0.2, -0.15) is 0 Å². The molecule has 0 radical (unpaired) electrons. The lowest BCUT2D eigenvalue weighted by Crippen LogP contribution is -2.37. The van der Waals surface area contributed by atoms with Crippen molar-refractivity contribution in [2.45, 2.75) is 17.9 Å². The first kappa shape index (κ1) is 18.2. The fraction of sp³-hybridized carbons (Fsp3) is 0.455. The van der Waals surface area contributed by atoms with Crippen LogP contribution in [0.1, 0.15) is 6.92 Å². The van der Waals surface area contributed by atoms with E-state index in [0.29, 0.717) is 4.47 Å². The molecular formula is C11H17BrN2O5S2. The van der Waals surface area contributed by atoms with E-state index in [1.165, 1.54) is 26.2 Å². The molecule has 1 aromatic rings. The number of halogens is 1. The minimum Gasteiger partial charge on any atom is -0.495 e. The van der Waals surface area contributed by atoms with E-state index in [-0.39, 0.29) is 22.1 Å². The summed E-state index contributed by atoms with van der Waals surface area (Å²) in [6, 6.07) is 1.91. The van der Waals surface area contributed by atoms with Gasteiger partial charge in [-0.1, -0.05) is 0 Å². The van der Waals surface area contributed by atoms with Crippen molar-refractivity contribution in [2.75, 3.05) is 24.9 Å². The predicted molar refractivity (Wildman–Crippen MR) is 84.6 cm³/mol. The molecule has 0 bridgehead atoms. The molecule has 0 aliphatic heterocycles. The number of ether oxygens (including phenoxy) is 1. The zero-order valence-electron chi connectivity index (χ0n) is 11.8. The van der Waals surface area contributed by atoms with Gasteiger partial charge in [-0.15, -0.1) is 0 Å². The number of anilines is 1. The maximum atomic E-state index is 12.3. The summed E-state index contributed by atoms with van der Waals surface area (Å²) >= 11 is 3.18. The maximum Gasteiger partial charge on any atom is 0.244 e. The van der Waals surface area contributed by atoms with Crippen LogP contribution in [0.15, 0.2) is 21.5 Å². The van der Waals surface area contributed by atoms with Gasteiger partial charge < -0.3 is 10.5 Å². The second-order valence-electron chi connectivity index (χ2n) is 4.64. The number of sulfonamides is 1. The zero-order valence-corrected chi connectivity index (χ0v) is 15.0. The normalized spacial score (nSPS) is 13.9. The molecule has 120 valence electrons. The first-order valence-corrected chi connectivity index (χ1v) is 10.1. The molecule has 1 unspecified atom stereocenters. The number of rotatable bonds is 6. The Balaban J connectivity index is 3.17. The van der Waals surface area contributed by atoms with Gasteiger partial charge in [0.1, 0.15) is 20.5 Å². The van der Waals surface area contributed by atoms with Crippen LogP contribution in [0.3, 0.4) is 0 Å². The second kappa shape index (κ2) is 6.51. The highest BCUT2D eigenvalue weighted by Crippen LogP contribution is 2.32. The highest BCUT2D eigenvalue weighted by molar-refractivity contribution is 9.10. The average molecular weight is 401 g/mol. The van der Waals surface area contributed by atoms with Gasteiger partial charge in [0.2, 0.25) is 10.0 Å². The Morgan fingerprint density at radius 3 is 2.38 bits per heavy atom. The lowest BCUT2D eigenvalue weighted by Gasteiger charge is -2.16. The monoisotopic (exact) mass is 400 g/mol. The number of sulfone groups is 1. The quantitative estimate of drug-likeness (QED) is 0.680. The summed E-state index contributed by atoms with van der Waals surface area (Å²) in [5.74, 6) is -0.198. The fourth-order valence-corrected chi connectivity index (χ4v) is 4.59. The third-order valence-corrected chi connectivity index (χ3v) is 5.88. The Morgan fingerprint density at radius 2 is 1.90 bits per heavy atom. The van der Waals surface area contributed by atoms with Crippen LogP contribution in [0, 0.1) is 0 Å². The third kappa shape index (κ3) is 5.13. The van der Waals surface area contributed by atoms with Gasteiger partial charge in [0.15, 0.2) is 0 Å². The van der Waals surface area contributed by atoms with Crippen molar-refractivity contribution < 1.29 is 21.6 Å². The van der Waals surface area contributed by atoms with Crippen LogP contribution in [-0.2, 0) is 19.9 Å². The van der Waals surface area contributed by atoms with E-state index in [4.69, 9.17) is 10.5 Å². The SMILES string of the molecule is COc1cc(Br)c(N)cc1S(=O)(=O)NC(C)CS(C)(=O)=O. The van der Waals surface area contributed by atoms with Crippen LogP contribution in [-0.4, -0.2) is 42.0 Å². The summed E-state index contributed by atoms with van der Waals surface area (Å²) in [6.07, 6.45) is 1.04. The van der Waals surface area contributed by atoms with Gasteiger partial charge in [0.25, 0.3) is 0 Å². The molecule has 3 N–H and O–H groups in total. The molecule has 0 heterocycles. The number of hydrogen-bond acceptors (Lipinski definition) is 6. The van der Waals surface area contributed by atoms with Crippen LogP contribution >= 0.6 is 15.9 Å². The van der Waals surface area contributed by atoms with Gasteiger partial charge in [0, 0.05) is 22.5 Å². The fourth-order valence-electron chi connectivity index (χ4n) is 1.74. The van der Waals surface area contributed by atoms with Gasteiger partial charge in [-0.05, 0) is 35.0 Å². The van der Waals surface area contributed by atoms with E-state index in [2.05, 4.69) is 20.7 Å². The Labute approximate surface area is 133 Å². The average Bonchev–Trinajstić information content (AvgIpc) is 2.28. The maximum absolute atomic E-state index is 12.3. The van der Waals surface area contributed by atoms with Gasteiger partial charge >= 0.3 is 0 Å². The zero-order chi connectivity index (χ0) is 16.4. The largest absolute Gasteiger partial charge is 0.495 e. The molecular weight excluding hydrogens is 384 g/mol. The van der Waals surface area contributed by atoms with Crippen LogP contribution in [0.5, 0.6) is 5.75 Å².